The molecule has 0 fully saturated rings. The summed E-state index contributed by atoms with van der Waals surface area (Å²) < 4.78 is 0. The lowest BCUT2D eigenvalue weighted by Gasteiger charge is -1.94. The predicted octanol–water partition coefficient (Wildman–Crippen LogP) is 2.47. The first kappa shape index (κ1) is 8.63. The Morgan fingerprint density at radius 2 is 2.23 bits per heavy atom. The van der Waals surface area contributed by atoms with E-state index in [-0.39, 0.29) is 0 Å². The number of para-hydroxylation sites is 1. The number of benzene rings is 1. The van der Waals surface area contributed by atoms with Crippen molar-refractivity contribution in [1.82, 2.24) is 10.2 Å². The molecule has 1 aromatic carbocycles. The van der Waals surface area contributed by atoms with Crippen molar-refractivity contribution >= 4 is 22.7 Å². The van der Waals surface area contributed by atoms with E-state index in [1.54, 1.807) is 0 Å². The van der Waals surface area contributed by atoms with Gasteiger partial charge in [0.05, 0.1) is 5.52 Å². The van der Waals surface area contributed by atoms with Crippen molar-refractivity contribution in [2.75, 3.05) is 12.0 Å². The quantitative estimate of drug-likeness (QED) is 0.809. The minimum absolute atomic E-state index is 1.07. The molecule has 2 nitrogen and oxygen atoms in total. The van der Waals surface area contributed by atoms with Gasteiger partial charge in [0, 0.05) is 11.1 Å². The summed E-state index contributed by atoms with van der Waals surface area (Å²) in [5.41, 5.74) is 2.32. The first-order chi connectivity index (χ1) is 6.42. The number of hydrogen-bond acceptors (Lipinski definition) is 2. The second kappa shape index (κ2) is 3.83. The molecule has 0 bridgehead atoms. The lowest BCUT2D eigenvalue weighted by Crippen LogP contribution is -1.88. The number of aromatic nitrogens is 2. The molecule has 0 spiro atoms. The predicted molar refractivity (Wildman–Crippen MR) is 58.2 cm³/mol. The average molecular weight is 192 g/mol. The first-order valence-electron chi connectivity index (χ1n) is 4.33. The maximum Gasteiger partial charge on any atom is 0.0923 e. The summed E-state index contributed by atoms with van der Waals surface area (Å²) in [6.07, 6.45) is 3.19. The molecule has 68 valence electrons. The minimum Gasteiger partial charge on any atom is -0.281 e. The second-order valence-electron chi connectivity index (χ2n) is 2.96. The van der Waals surface area contributed by atoms with Gasteiger partial charge >= 0.3 is 0 Å². The number of rotatable bonds is 3. The highest BCUT2D eigenvalue weighted by molar-refractivity contribution is 7.98. The third-order valence-electron chi connectivity index (χ3n) is 2.10. The lowest BCUT2D eigenvalue weighted by molar-refractivity contribution is 0.995. The van der Waals surface area contributed by atoms with E-state index in [4.69, 9.17) is 0 Å². The van der Waals surface area contributed by atoms with Crippen molar-refractivity contribution < 1.29 is 0 Å². The Hall–Kier alpha value is -0.960. The lowest BCUT2D eigenvalue weighted by atomic mass is 10.2. The fourth-order valence-electron chi connectivity index (χ4n) is 1.41. The van der Waals surface area contributed by atoms with Crippen molar-refractivity contribution in [3.05, 3.63) is 30.0 Å². The molecule has 0 saturated heterocycles. The van der Waals surface area contributed by atoms with Crippen LogP contribution in [0.1, 0.15) is 5.69 Å². The van der Waals surface area contributed by atoms with Crippen molar-refractivity contribution in [3.63, 3.8) is 0 Å². The van der Waals surface area contributed by atoms with Gasteiger partial charge in [-0.15, -0.1) is 0 Å². The summed E-state index contributed by atoms with van der Waals surface area (Å²) in [6, 6.07) is 8.23. The summed E-state index contributed by atoms with van der Waals surface area (Å²) in [5.74, 6) is 1.15. The van der Waals surface area contributed by atoms with Gasteiger partial charge in [0.15, 0.2) is 0 Å². The number of nitrogens with one attached hydrogen (secondary N) is 1. The maximum atomic E-state index is 4.24. The number of nitrogens with zero attached hydrogens (tertiary/aromatic N) is 1. The normalized spacial score (nSPS) is 10.8. The molecule has 0 aliphatic carbocycles. The highest BCUT2D eigenvalue weighted by Gasteiger charge is 2.02. The van der Waals surface area contributed by atoms with E-state index in [1.165, 1.54) is 11.1 Å². The molecule has 0 saturated carbocycles. The van der Waals surface area contributed by atoms with Gasteiger partial charge in [-0.2, -0.15) is 16.9 Å². The number of aryl methyl sites for hydroxylation is 1. The molecule has 0 aliphatic rings. The van der Waals surface area contributed by atoms with E-state index < -0.39 is 0 Å². The molecular weight excluding hydrogens is 180 g/mol. The molecule has 0 atom stereocenters. The molecule has 3 heteroatoms. The third kappa shape index (κ3) is 1.70. The van der Waals surface area contributed by atoms with Crippen LogP contribution in [-0.4, -0.2) is 22.2 Å². The van der Waals surface area contributed by atoms with Crippen LogP contribution < -0.4 is 0 Å². The number of H-pyrrole nitrogens is 1. The SMILES string of the molecule is CSCCc1[nH]nc2ccccc12. The summed E-state index contributed by atoms with van der Waals surface area (Å²) in [6.45, 7) is 0. The van der Waals surface area contributed by atoms with Crippen LogP contribution in [0.3, 0.4) is 0 Å². The van der Waals surface area contributed by atoms with Crippen LogP contribution in [0.2, 0.25) is 0 Å². The van der Waals surface area contributed by atoms with E-state index in [1.807, 2.05) is 23.9 Å². The Bertz CT molecular complexity index is 394. The minimum atomic E-state index is 1.07. The highest BCUT2D eigenvalue weighted by atomic mass is 32.2. The Labute approximate surface area is 81.7 Å². The van der Waals surface area contributed by atoms with Gasteiger partial charge < -0.3 is 0 Å². The van der Waals surface area contributed by atoms with Crippen molar-refractivity contribution in [2.45, 2.75) is 6.42 Å². The van der Waals surface area contributed by atoms with Gasteiger partial charge in [-0.1, -0.05) is 18.2 Å². The summed E-state index contributed by atoms with van der Waals surface area (Å²) in [5, 5.41) is 8.58. The maximum absolute atomic E-state index is 4.24. The van der Waals surface area contributed by atoms with Crippen LogP contribution in [0.4, 0.5) is 0 Å². The highest BCUT2D eigenvalue weighted by Crippen LogP contribution is 2.16. The molecule has 0 amide bonds. The van der Waals surface area contributed by atoms with Crippen LogP contribution >= 0.6 is 11.8 Å². The van der Waals surface area contributed by atoms with Gasteiger partial charge in [-0.3, -0.25) is 5.10 Å². The monoisotopic (exact) mass is 192 g/mol. The van der Waals surface area contributed by atoms with Gasteiger partial charge in [0.2, 0.25) is 0 Å². The van der Waals surface area contributed by atoms with Crippen molar-refractivity contribution in [3.8, 4) is 0 Å². The van der Waals surface area contributed by atoms with Crippen LogP contribution in [0.15, 0.2) is 24.3 Å². The molecule has 1 aromatic heterocycles. The topological polar surface area (TPSA) is 28.7 Å². The zero-order chi connectivity index (χ0) is 9.10. The molecule has 2 aromatic rings. The third-order valence-corrected chi connectivity index (χ3v) is 2.71. The molecular formula is C10H12N2S. The van der Waals surface area contributed by atoms with Gasteiger partial charge in [-0.25, -0.2) is 0 Å². The van der Waals surface area contributed by atoms with Crippen LogP contribution in [0.25, 0.3) is 10.9 Å². The fourth-order valence-corrected chi connectivity index (χ4v) is 1.82. The van der Waals surface area contributed by atoms with E-state index in [0.717, 1.165) is 17.7 Å². The molecule has 0 unspecified atom stereocenters. The largest absolute Gasteiger partial charge is 0.281 e. The second-order valence-corrected chi connectivity index (χ2v) is 3.95. The number of thioether (sulfide) groups is 1. The zero-order valence-electron chi connectivity index (χ0n) is 7.58. The Kier molecular flexibility index (Phi) is 2.54. The zero-order valence-corrected chi connectivity index (χ0v) is 8.40. The van der Waals surface area contributed by atoms with E-state index in [9.17, 15) is 0 Å². The Morgan fingerprint density at radius 3 is 3.08 bits per heavy atom. The van der Waals surface area contributed by atoms with Crippen LogP contribution in [-0.2, 0) is 6.42 Å². The molecule has 1 heterocycles. The van der Waals surface area contributed by atoms with Crippen molar-refractivity contribution in [1.29, 1.82) is 0 Å². The van der Waals surface area contributed by atoms with E-state index >= 15 is 0 Å². The summed E-state index contributed by atoms with van der Waals surface area (Å²) in [7, 11) is 0. The summed E-state index contributed by atoms with van der Waals surface area (Å²) >= 11 is 1.86. The Balaban J connectivity index is 2.35. The fraction of sp³-hybridized carbons (Fsp3) is 0.300. The number of aromatic amines is 1. The van der Waals surface area contributed by atoms with E-state index in [0.29, 0.717) is 0 Å². The van der Waals surface area contributed by atoms with Crippen LogP contribution in [0.5, 0.6) is 0 Å². The van der Waals surface area contributed by atoms with Gasteiger partial charge in [0.1, 0.15) is 0 Å². The smallest absolute Gasteiger partial charge is 0.0923 e. The Morgan fingerprint density at radius 1 is 1.38 bits per heavy atom. The molecule has 0 aliphatic heterocycles. The van der Waals surface area contributed by atoms with E-state index in [2.05, 4.69) is 28.6 Å². The summed E-state index contributed by atoms with van der Waals surface area (Å²) in [4.78, 5) is 0. The van der Waals surface area contributed by atoms with Crippen molar-refractivity contribution in [2.24, 2.45) is 0 Å². The average Bonchev–Trinajstić information content (AvgIpc) is 2.58. The molecule has 0 radical (unpaired) electrons. The molecule has 13 heavy (non-hydrogen) atoms. The number of hydrogen-bond donors (Lipinski definition) is 1. The first-order valence-corrected chi connectivity index (χ1v) is 5.72. The van der Waals surface area contributed by atoms with Crippen LogP contribution in [0, 0.1) is 0 Å². The standard InChI is InChI=1S/C10H12N2S/c1-13-7-6-10-8-4-2-3-5-9(8)11-12-10/h2-5H,6-7H2,1H3,(H,11,12). The molecule has 2 rings (SSSR count). The van der Waals surface area contributed by atoms with Gasteiger partial charge in [0.25, 0.3) is 0 Å². The number of fused-ring (bicyclic) bond motifs is 1. The molecule has 1 N–H and O–H groups in total. The van der Waals surface area contributed by atoms with Gasteiger partial charge in [-0.05, 0) is 24.5 Å².